The topological polar surface area (TPSA) is 18.5 Å². The van der Waals surface area contributed by atoms with E-state index in [1.807, 2.05) is 0 Å². The SMILES string of the molecule is C=C1C=CC(C)=CN1Cc1ccc(NCCN2CCCCC2)cc1. The predicted molar refractivity (Wildman–Crippen MR) is 103 cm³/mol. The summed E-state index contributed by atoms with van der Waals surface area (Å²) in [6, 6.07) is 8.78. The van der Waals surface area contributed by atoms with Crippen LogP contribution >= 0.6 is 0 Å². The summed E-state index contributed by atoms with van der Waals surface area (Å²) in [5.41, 5.74) is 4.82. The minimum Gasteiger partial charge on any atom is -0.384 e. The van der Waals surface area contributed by atoms with E-state index in [1.54, 1.807) is 0 Å². The van der Waals surface area contributed by atoms with E-state index in [2.05, 4.69) is 71.2 Å². The molecule has 0 radical (unpaired) electrons. The summed E-state index contributed by atoms with van der Waals surface area (Å²) in [5, 5.41) is 3.54. The molecule has 0 spiro atoms. The van der Waals surface area contributed by atoms with Gasteiger partial charge in [0, 0.05) is 37.2 Å². The molecule has 2 aliphatic rings. The highest BCUT2D eigenvalue weighted by Crippen LogP contribution is 2.19. The summed E-state index contributed by atoms with van der Waals surface area (Å²) in [7, 11) is 0. The van der Waals surface area contributed by atoms with Crippen LogP contribution in [0.3, 0.4) is 0 Å². The molecule has 1 aromatic carbocycles. The number of piperidine rings is 1. The fourth-order valence-electron chi connectivity index (χ4n) is 3.31. The second-order valence-corrected chi connectivity index (χ2v) is 6.85. The first kappa shape index (κ1) is 16.8. The second kappa shape index (κ2) is 8.20. The molecule has 128 valence electrons. The predicted octanol–water partition coefficient (Wildman–Crippen LogP) is 4.37. The molecule has 2 aliphatic heterocycles. The van der Waals surface area contributed by atoms with Crippen molar-refractivity contribution >= 4 is 5.69 Å². The highest BCUT2D eigenvalue weighted by atomic mass is 15.1. The lowest BCUT2D eigenvalue weighted by atomic mass is 10.1. The van der Waals surface area contributed by atoms with E-state index in [0.717, 1.165) is 25.3 Å². The van der Waals surface area contributed by atoms with Crippen LogP contribution in [0.5, 0.6) is 0 Å². The molecule has 0 bridgehead atoms. The first-order chi connectivity index (χ1) is 11.7. The maximum absolute atomic E-state index is 4.11. The van der Waals surface area contributed by atoms with E-state index >= 15 is 0 Å². The van der Waals surface area contributed by atoms with Gasteiger partial charge in [0.15, 0.2) is 0 Å². The molecule has 3 rings (SSSR count). The zero-order valence-electron chi connectivity index (χ0n) is 14.8. The fourth-order valence-corrected chi connectivity index (χ4v) is 3.31. The lowest BCUT2D eigenvalue weighted by molar-refractivity contribution is 0.237. The van der Waals surface area contributed by atoms with Gasteiger partial charge in [-0.25, -0.2) is 0 Å². The molecule has 0 aromatic heterocycles. The Morgan fingerprint density at radius 1 is 1.04 bits per heavy atom. The molecule has 0 aliphatic carbocycles. The smallest absolute Gasteiger partial charge is 0.0475 e. The van der Waals surface area contributed by atoms with Crippen LogP contribution < -0.4 is 5.32 Å². The van der Waals surface area contributed by atoms with E-state index in [1.165, 1.54) is 49.2 Å². The number of anilines is 1. The van der Waals surface area contributed by atoms with Crippen molar-refractivity contribution in [3.63, 3.8) is 0 Å². The molecule has 0 atom stereocenters. The van der Waals surface area contributed by atoms with Crippen molar-refractivity contribution in [1.82, 2.24) is 9.80 Å². The number of hydrogen-bond donors (Lipinski definition) is 1. The Hall–Kier alpha value is -2.00. The maximum atomic E-state index is 4.11. The summed E-state index contributed by atoms with van der Waals surface area (Å²) in [6.07, 6.45) is 10.5. The minimum absolute atomic E-state index is 0.870. The summed E-state index contributed by atoms with van der Waals surface area (Å²) < 4.78 is 0. The number of nitrogens with one attached hydrogen (secondary N) is 1. The fraction of sp³-hybridized carbons (Fsp3) is 0.429. The quantitative estimate of drug-likeness (QED) is 0.838. The van der Waals surface area contributed by atoms with Crippen molar-refractivity contribution in [2.45, 2.75) is 32.7 Å². The van der Waals surface area contributed by atoms with Gasteiger partial charge in [-0.15, -0.1) is 0 Å². The number of nitrogens with zero attached hydrogens (tertiary/aromatic N) is 2. The Balaban J connectivity index is 1.46. The van der Waals surface area contributed by atoms with Gasteiger partial charge in [0.05, 0.1) is 0 Å². The first-order valence-electron chi connectivity index (χ1n) is 9.08. The van der Waals surface area contributed by atoms with Crippen molar-refractivity contribution in [1.29, 1.82) is 0 Å². The van der Waals surface area contributed by atoms with Crippen molar-refractivity contribution in [3.05, 3.63) is 66.0 Å². The van der Waals surface area contributed by atoms with E-state index in [0.29, 0.717) is 0 Å². The average Bonchev–Trinajstić information content (AvgIpc) is 2.61. The summed E-state index contributed by atoms with van der Waals surface area (Å²) >= 11 is 0. The van der Waals surface area contributed by atoms with Gasteiger partial charge in [-0.2, -0.15) is 0 Å². The third-order valence-electron chi connectivity index (χ3n) is 4.78. The molecule has 3 nitrogen and oxygen atoms in total. The number of benzene rings is 1. The van der Waals surface area contributed by atoms with E-state index in [-0.39, 0.29) is 0 Å². The average molecular weight is 323 g/mol. The van der Waals surface area contributed by atoms with Crippen LogP contribution in [0, 0.1) is 0 Å². The van der Waals surface area contributed by atoms with Crippen molar-refractivity contribution < 1.29 is 0 Å². The molecule has 24 heavy (non-hydrogen) atoms. The highest BCUT2D eigenvalue weighted by molar-refractivity contribution is 5.45. The van der Waals surface area contributed by atoms with Gasteiger partial charge in [0.2, 0.25) is 0 Å². The molecule has 1 fully saturated rings. The second-order valence-electron chi connectivity index (χ2n) is 6.85. The Kier molecular flexibility index (Phi) is 5.76. The third-order valence-corrected chi connectivity index (χ3v) is 4.78. The number of rotatable bonds is 6. The molecule has 1 aromatic rings. The summed E-state index contributed by atoms with van der Waals surface area (Å²) in [6.45, 7) is 11.8. The van der Waals surface area contributed by atoms with Crippen molar-refractivity contribution in [3.8, 4) is 0 Å². The lowest BCUT2D eigenvalue weighted by Gasteiger charge is -2.26. The van der Waals surface area contributed by atoms with Crippen LogP contribution in [0.25, 0.3) is 0 Å². The third kappa shape index (κ3) is 4.75. The van der Waals surface area contributed by atoms with E-state index in [4.69, 9.17) is 0 Å². The largest absolute Gasteiger partial charge is 0.384 e. The zero-order chi connectivity index (χ0) is 16.8. The molecular weight excluding hydrogens is 294 g/mol. The molecule has 1 saturated heterocycles. The van der Waals surface area contributed by atoms with Crippen LogP contribution in [0.4, 0.5) is 5.69 Å². The number of allylic oxidation sites excluding steroid dienone is 3. The Bertz CT molecular complexity index is 606. The normalized spacial score (nSPS) is 18.6. The van der Waals surface area contributed by atoms with Gasteiger partial charge in [0.25, 0.3) is 0 Å². The van der Waals surface area contributed by atoms with E-state index in [9.17, 15) is 0 Å². The van der Waals surface area contributed by atoms with Gasteiger partial charge in [-0.3, -0.25) is 0 Å². The molecular formula is C21H29N3. The molecule has 0 amide bonds. The van der Waals surface area contributed by atoms with Gasteiger partial charge in [-0.1, -0.05) is 31.2 Å². The first-order valence-corrected chi connectivity index (χ1v) is 9.08. The van der Waals surface area contributed by atoms with Crippen molar-refractivity contribution in [2.75, 3.05) is 31.5 Å². The molecule has 1 N–H and O–H groups in total. The Morgan fingerprint density at radius 2 is 1.79 bits per heavy atom. The molecule has 0 unspecified atom stereocenters. The maximum Gasteiger partial charge on any atom is 0.0475 e. The zero-order valence-corrected chi connectivity index (χ0v) is 14.8. The summed E-state index contributed by atoms with van der Waals surface area (Å²) in [4.78, 5) is 4.77. The van der Waals surface area contributed by atoms with Gasteiger partial charge < -0.3 is 15.1 Å². The van der Waals surface area contributed by atoms with Crippen molar-refractivity contribution in [2.24, 2.45) is 0 Å². The van der Waals surface area contributed by atoms with Crippen LogP contribution in [-0.2, 0) is 6.54 Å². The number of hydrogen-bond acceptors (Lipinski definition) is 3. The Morgan fingerprint density at radius 3 is 2.54 bits per heavy atom. The van der Waals surface area contributed by atoms with E-state index < -0.39 is 0 Å². The van der Waals surface area contributed by atoms with Crippen LogP contribution in [-0.4, -0.2) is 36.0 Å². The van der Waals surface area contributed by atoms with Crippen LogP contribution in [0.1, 0.15) is 31.7 Å². The molecule has 2 heterocycles. The number of likely N-dealkylation sites (tertiary alicyclic amines) is 1. The summed E-state index contributed by atoms with van der Waals surface area (Å²) in [5.74, 6) is 0. The molecule has 0 saturated carbocycles. The van der Waals surface area contributed by atoms with Gasteiger partial charge >= 0.3 is 0 Å². The lowest BCUT2D eigenvalue weighted by Crippen LogP contribution is -2.33. The standard InChI is InChI=1S/C21H29N3/c1-18-6-7-19(2)24(16-18)17-20-8-10-21(11-9-20)22-12-15-23-13-4-3-5-14-23/h6-11,16,22H,2-5,12-15,17H2,1H3. The molecule has 3 heteroatoms. The monoisotopic (exact) mass is 323 g/mol. The van der Waals surface area contributed by atoms with Gasteiger partial charge in [-0.05, 0) is 62.2 Å². The van der Waals surface area contributed by atoms with Crippen LogP contribution in [0.15, 0.2) is 60.5 Å². The minimum atomic E-state index is 0.870. The Labute approximate surface area is 146 Å². The van der Waals surface area contributed by atoms with Crippen LogP contribution in [0.2, 0.25) is 0 Å². The van der Waals surface area contributed by atoms with Gasteiger partial charge in [0.1, 0.15) is 0 Å². The highest BCUT2D eigenvalue weighted by Gasteiger charge is 2.09.